The monoisotopic (exact) mass is 263 g/mol. The molecule has 1 saturated carbocycles. The molecule has 0 amide bonds. The second kappa shape index (κ2) is 7.04. The molecule has 0 aromatic heterocycles. The molecule has 1 aliphatic carbocycles. The number of likely N-dealkylation sites (N-methyl/N-ethyl adjacent to an activating group) is 1. The van der Waals surface area contributed by atoms with Crippen molar-refractivity contribution in [3.63, 3.8) is 0 Å². The lowest BCUT2D eigenvalue weighted by Gasteiger charge is -2.29. The van der Waals surface area contributed by atoms with Gasteiger partial charge in [-0.15, -0.1) is 0 Å². The highest BCUT2D eigenvalue weighted by Crippen LogP contribution is 2.27. The van der Waals surface area contributed by atoms with Gasteiger partial charge in [0.25, 0.3) is 0 Å². The van der Waals surface area contributed by atoms with Crippen LogP contribution in [0, 0.1) is 0 Å². The molecule has 3 nitrogen and oxygen atoms in total. The summed E-state index contributed by atoms with van der Waals surface area (Å²) in [6.07, 6.45) is 1.60. The van der Waals surface area contributed by atoms with Gasteiger partial charge in [-0.3, -0.25) is 4.90 Å². The summed E-state index contributed by atoms with van der Waals surface area (Å²) in [4.78, 5) is 2.33. The molecular formula is C16H25NO2. The maximum Gasteiger partial charge on any atom is 0.0956 e. The van der Waals surface area contributed by atoms with E-state index in [-0.39, 0.29) is 18.2 Å². The Kier molecular flexibility index (Phi) is 5.37. The normalized spacial score (nSPS) is 27.1. The predicted molar refractivity (Wildman–Crippen MR) is 77.0 cm³/mol. The fraction of sp³-hybridized carbons (Fsp3) is 0.625. The first-order chi connectivity index (χ1) is 9.26. The third-order valence-corrected chi connectivity index (χ3v) is 4.11. The Bertz CT molecular complexity index is 364. The fourth-order valence-electron chi connectivity index (χ4n) is 2.97. The third kappa shape index (κ3) is 3.56. The Balaban J connectivity index is 1.86. The van der Waals surface area contributed by atoms with Crippen molar-refractivity contribution in [3.05, 3.63) is 35.9 Å². The van der Waals surface area contributed by atoms with Crippen LogP contribution >= 0.6 is 0 Å². The molecule has 0 radical (unpaired) electrons. The van der Waals surface area contributed by atoms with Gasteiger partial charge in [-0.1, -0.05) is 44.2 Å². The molecular weight excluding hydrogens is 238 g/mol. The van der Waals surface area contributed by atoms with E-state index in [1.165, 1.54) is 5.56 Å². The van der Waals surface area contributed by atoms with Crippen LogP contribution in [0.1, 0.15) is 32.3 Å². The smallest absolute Gasteiger partial charge is 0.0956 e. The van der Waals surface area contributed by atoms with Crippen LogP contribution in [0.2, 0.25) is 0 Å². The molecule has 0 spiro atoms. The highest BCUT2D eigenvalue weighted by molar-refractivity contribution is 5.13. The standard InChI is InChI=1S/C16H25NO2/c1-3-17(4-2)14-10-11-15(16(14)18)19-12-13-8-6-5-7-9-13/h5-9,14-16,18H,3-4,10-12H2,1-2H3/t14-,15+,16+/m0/s1. The summed E-state index contributed by atoms with van der Waals surface area (Å²) in [6, 6.07) is 10.4. The second-order valence-corrected chi connectivity index (χ2v) is 5.19. The first-order valence-corrected chi connectivity index (χ1v) is 7.33. The van der Waals surface area contributed by atoms with Crippen molar-refractivity contribution < 1.29 is 9.84 Å². The number of hydrogen-bond donors (Lipinski definition) is 1. The lowest BCUT2D eigenvalue weighted by molar-refractivity contribution is -0.0485. The van der Waals surface area contributed by atoms with E-state index in [0.29, 0.717) is 6.61 Å². The number of benzene rings is 1. The minimum atomic E-state index is -0.358. The van der Waals surface area contributed by atoms with Gasteiger partial charge in [0.1, 0.15) is 0 Å². The Hall–Kier alpha value is -0.900. The zero-order valence-electron chi connectivity index (χ0n) is 12.0. The summed E-state index contributed by atoms with van der Waals surface area (Å²) < 4.78 is 5.89. The van der Waals surface area contributed by atoms with Gasteiger partial charge in [0.05, 0.1) is 18.8 Å². The van der Waals surface area contributed by atoms with Crippen molar-refractivity contribution >= 4 is 0 Å². The fourth-order valence-corrected chi connectivity index (χ4v) is 2.97. The minimum Gasteiger partial charge on any atom is -0.389 e. The molecule has 0 bridgehead atoms. The molecule has 0 unspecified atom stereocenters. The first kappa shape index (κ1) is 14.5. The molecule has 0 heterocycles. The Morgan fingerprint density at radius 3 is 2.47 bits per heavy atom. The average Bonchev–Trinajstić information content (AvgIpc) is 2.81. The Morgan fingerprint density at radius 2 is 1.84 bits per heavy atom. The van der Waals surface area contributed by atoms with Crippen LogP contribution in [0.15, 0.2) is 30.3 Å². The van der Waals surface area contributed by atoms with Crippen molar-refractivity contribution in [3.8, 4) is 0 Å². The summed E-state index contributed by atoms with van der Waals surface area (Å²) >= 11 is 0. The summed E-state index contributed by atoms with van der Waals surface area (Å²) in [5.41, 5.74) is 1.17. The topological polar surface area (TPSA) is 32.7 Å². The molecule has 1 aromatic rings. The maximum absolute atomic E-state index is 10.4. The van der Waals surface area contributed by atoms with Crippen molar-refractivity contribution in [2.45, 2.75) is 51.5 Å². The molecule has 1 N–H and O–H groups in total. The van der Waals surface area contributed by atoms with E-state index in [9.17, 15) is 5.11 Å². The average molecular weight is 263 g/mol. The molecule has 1 aliphatic rings. The number of nitrogens with zero attached hydrogens (tertiary/aromatic N) is 1. The SMILES string of the molecule is CCN(CC)[C@H]1CC[C@@H](OCc2ccccc2)[C@@H]1O. The van der Waals surface area contributed by atoms with Crippen molar-refractivity contribution in [2.24, 2.45) is 0 Å². The third-order valence-electron chi connectivity index (χ3n) is 4.11. The van der Waals surface area contributed by atoms with E-state index in [1.54, 1.807) is 0 Å². The van der Waals surface area contributed by atoms with E-state index in [1.807, 2.05) is 18.2 Å². The van der Waals surface area contributed by atoms with Gasteiger partial charge in [-0.2, -0.15) is 0 Å². The van der Waals surface area contributed by atoms with E-state index < -0.39 is 0 Å². The molecule has 1 fully saturated rings. The summed E-state index contributed by atoms with van der Waals surface area (Å²) in [5.74, 6) is 0. The number of aliphatic hydroxyl groups excluding tert-OH is 1. The second-order valence-electron chi connectivity index (χ2n) is 5.19. The molecule has 0 aliphatic heterocycles. The van der Waals surface area contributed by atoms with Crippen molar-refractivity contribution in [1.29, 1.82) is 0 Å². The van der Waals surface area contributed by atoms with E-state index in [2.05, 4.69) is 30.9 Å². The summed E-state index contributed by atoms with van der Waals surface area (Å²) in [6.45, 7) is 6.86. The number of rotatable bonds is 6. The van der Waals surface area contributed by atoms with Gasteiger partial charge in [-0.25, -0.2) is 0 Å². The quantitative estimate of drug-likeness (QED) is 0.855. The van der Waals surface area contributed by atoms with Gasteiger partial charge in [0, 0.05) is 6.04 Å². The van der Waals surface area contributed by atoms with Crippen LogP contribution in [0.4, 0.5) is 0 Å². The van der Waals surface area contributed by atoms with E-state index >= 15 is 0 Å². The molecule has 3 heteroatoms. The van der Waals surface area contributed by atoms with Crippen LogP contribution in [0.3, 0.4) is 0 Å². The number of aliphatic hydroxyl groups is 1. The highest BCUT2D eigenvalue weighted by atomic mass is 16.5. The zero-order valence-corrected chi connectivity index (χ0v) is 12.0. The van der Waals surface area contributed by atoms with Crippen LogP contribution in [0.25, 0.3) is 0 Å². The van der Waals surface area contributed by atoms with E-state index in [4.69, 9.17) is 4.74 Å². The van der Waals surface area contributed by atoms with Crippen LogP contribution in [-0.4, -0.2) is 41.3 Å². The lowest BCUT2D eigenvalue weighted by atomic mass is 10.1. The number of ether oxygens (including phenoxy) is 1. The van der Waals surface area contributed by atoms with Crippen LogP contribution < -0.4 is 0 Å². The Labute approximate surface area is 116 Å². The maximum atomic E-state index is 10.4. The molecule has 19 heavy (non-hydrogen) atoms. The van der Waals surface area contributed by atoms with Gasteiger partial charge in [0.15, 0.2) is 0 Å². The van der Waals surface area contributed by atoms with Crippen LogP contribution in [0.5, 0.6) is 0 Å². The van der Waals surface area contributed by atoms with Gasteiger partial charge in [0.2, 0.25) is 0 Å². The van der Waals surface area contributed by atoms with E-state index in [0.717, 1.165) is 25.9 Å². The highest BCUT2D eigenvalue weighted by Gasteiger charge is 2.37. The van der Waals surface area contributed by atoms with Crippen molar-refractivity contribution in [1.82, 2.24) is 4.90 Å². The van der Waals surface area contributed by atoms with Crippen molar-refractivity contribution in [2.75, 3.05) is 13.1 Å². The molecule has 2 rings (SSSR count). The molecule has 3 atom stereocenters. The summed E-state index contributed by atoms with van der Waals surface area (Å²) in [7, 11) is 0. The van der Waals surface area contributed by atoms with Gasteiger partial charge < -0.3 is 9.84 Å². The predicted octanol–water partition coefficient (Wildman–Crippen LogP) is 2.44. The molecule has 1 aromatic carbocycles. The van der Waals surface area contributed by atoms with Gasteiger partial charge in [-0.05, 0) is 31.5 Å². The first-order valence-electron chi connectivity index (χ1n) is 7.33. The summed E-state index contributed by atoms with van der Waals surface area (Å²) in [5, 5.41) is 10.4. The lowest BCUT2D eigenvalue weighted by Crippen LogP contribution is -2.43. The molecule has 106 valence electrons. The Morgan fingerprint density at radius 1 is 1.16 bits per heavy atom. The zero-order chi connectivity index (χ0) is 13.7. The molecule has 0 saturated heterocycles. The van der Waals surface area contributed by atoms with Gasteiger partial charge >= 0.3 is 0 Å². The number of hydrogen-bond acceptors (Lipinski definition) is 3. The van der Waals surface area contributed by atoms with Crippen LogP contribution in [-0.2, 0) is 11.3 Å². The largest absolute Gasteiger partial charge is 0.389 e. The minimum absolute atomic E-state index is 0.0224.